The second-order valence-corrected chi connectivity index (χ2v) is 9.37. The third kappa shape index (κ3) is 5.81. The molecule has 0 spiro atoms. The minimum Gasteiger partial charge on any atom is -0.385 e. The molecule has 0 aliphatic heterocycles. The fraction of sp³-hybridized carbons (Fsp3) is 0.200. The molecular weight excluding hydrogens is 454 g/mol. The maximum atomic E-state index is 13.2. The van der Waals surface area contributed by atoms with Crippen LogP contribution in [0.25, 0.3) is 0 Å². The average molecular weight is 482 g/mol. The summed E-state index contributed by atoms with van der Waals surface area (Å²) in [4.78, 5) is 25.9. The van der Waals surface area contributed by atoms with E-state index in [9.17, 15) is 18.0 Å². The van der Waals surface area contributed by atoms with Crippen LogP contribution in [0.5, 0.6) is 0 Å². The lowest BCUT2D eigenvalue weighted by Gasteiger charge is -2.22. The van der Waals surface area contributed by atoms with Gasteiger partial charge in [-0.25, -0.2) is 8.42 Å². The van der Waals surface area contributed by atoms with Crippen molar-refractivity contribution < 1.29 is 22.7 Å². The van der Waals surface area contributed by atoms with E-state index < -0.39 is 15.9 Å². The normalized spacial score (nSPS) is 11.0. The van der Waals surface area contributed by atoms with Gasteiger partial charge in [0.1, 0.15) is 0 Å². The Labute approximate surface area is 199 Å². The molecule has 0 bridgehead atoms. The molecule has 0 saturated carbocycles. The smallest absolute Gasteiger partial charge is 0.264 e. The molecule has 2 amide bonds. The van der Waals surface area contributed by atoms with Gasteiger partial charge in [-0.05, 0) is 42.8 Å². The number of nitrogens with one attached hydrogen (secondary N) is 2. The van der Waals surface area contributed by atoms with E-state index in [4.69, 9.17) is 4.74 Å². The highest BCUT2D eigenvalue weighted by molar-refractivity contribution is 7.92. The number of sulfonamides is 1. The lowest BCUT2D eigenvalue weighted by molar-refractivity contribution is 0.0949. The molecule has 0 heterocycles. The molecule has 3 rings (SSSR count). The fourth-order valence-corrected chi connectivity index (χ4v) is 4.55. The van der Waals surface area contributed by atoms with Gasteiger partial charge in [-0.1, -0.05) is 42.5 Å². The maximum absolute atomic E-state index is 13.2. The molecule has 3 aromatic carbocycles. The van der Waals surface area contributed by atoms with Crippen molar-refractivity contribution in [2.45, 2.75) is 11.3 Å². The highest BCUT2D eigenvalue weighted by atomic mass is 32.2. The number of hydrogen-bond donors (Lipinski definition) is 2. The van der Waals surface area contributed by atoms with Crippen LogP contribution in [0.3, 0.4) is 0 Å². The van der Waals surface area contributed by atoms with Gasteiger partial charge in [-0.15, -0.1) is 0 Å². The van der Waals surface area contributed by atoms with Gasteiger partial charge in [-0.3, -0.25) is 13.9 Å². The molecule has 3 aromatic rings. The van der Waals surface area contributed by atoms with E-state index in [2.05, 4.69) is 10.6 Å². The highest BCUT2D eigenvalue weighted by Gasteiger charge is 2.25. The highest BCUT2D eigenvalue weighted by Crippen LogP contribution is 2.27. The van der Waals surface area contributed by atoms with Crippen molar-refractivity contribution in [2.24, 2.45) is 0 Å². The molecule has 0 aliphatic rings. The van der Waals surface area contributed by atoms with Gasteiger partial charge in [0, 0.05) is 27.3 Å². The lowest BCUT2D eigenvalue weighted by atomic mass is 10.1. The van der Waals surface area contributed by atoms with Crippen LogP contribution in [0.2, 0.25) is 0 Å². The third-order valence-electron chi connectivity index (χ3n) is 5.12. The van der Waals surface area contributed by atoms with Crippen molar-refractivity contribution in [3.8, 4) is 0 Å². The minimum atomic E-state index is -3.88. The molecule has 0 atom stereocenters. The molecule has 0 aromatic heterocycles. The number of rotatable bonds is 10. The van der Waals surface area contributed by atoms with Crippen molar-refractivity contribution in [3.63, 3.8) is 0 Å². The fourth-order valence-electron chi connectivity index (χ4n) is 3.31. The standard InChI is InChI=1S/C25H27N3O5S/c1-28(34(31,32)19-11-4-3-5-12-19)23-16-9-7-14-21(23)25(30)27-22-15-8-6-13-20(22)24(29)26-17-10-18-33-2/h3-9,11-16H,10,17-18H2,1-2H3,(H,26,29)(H,27,30). The number of anilines is 2. The van der Waals surface area contributed by atoms with Gasteiger partial charge in [0.2, 0.25) is 0 Å². The first-order chi connectivity index (χ1) is 16.4. The molecule has 0 aliphatic carbocycles. The number of carbonyl (C=O) groups is 2. The molecule has 2 N–H and O–H groups in total. The van der Waals surface area contributed by atoms with E-state index in [1.807, 2.05) is 0 Å². The number of amides is 2. The molecule has 178 valence electrons. The summed E-state index contributed by atoms with van der Waals surface area (Å²) < 4.78 is 32.2. The number of ether oxygens (including phenoxy) is 1. The summed E-state index contributed by atoms with van der Waals surface area (Å²) in [6, 6.07) is 21.0. The monoisotopic (exact) mass is 481 g/mol. The number of hydrogen-bond acceptors (Lipinski definition) is 5. The summed E-state index contributed by atoms with van der Waals surface area (Å²) in [5.41, 5.74) is 0.987. The average Bonchev–Trinajstić information content (AvgIpc) is 2.87. The molecule has 0 fully saturated rings. The van der Waals surface area contributed by atoms with Crippen molar-refractivity contribution in [2.75, 3.05) is 36.9 Å². The van der Waals surface area contributed by atoms with Crippen molar-refractivity contribution >= 4 is 33.2 Å². The summed E-state index contributed by atoms with van der Waals surface area (Å²) in [7, 11) is -0.890. The Morgan fingerprint density at radius 3 is 2.18 bits per heavy atom. The van der Waals surface area contributed by atoms with Gasteiger partial charge in [-0.2, -0.15) is 0 Å². The first kappa shape index (κ1) is 24.9. The maximum Gasteiger partial charge on any atom is 0.264 e. The second kappa shape index (κ2) is 11.4. The quantitative estimate of drug-likeness (QED) is 0.431. The van der Waals surface area contributed by atoms with Crippen LogP contribution in [-0.4, -0.2) is 47.5 Å². The summed E-state index contributed by atoms with van der Waals surface area (Å²) in [5.74, 6) is -0.866. The predicted molar refractivity (Wildman–Crippen MR) is 132 cm³/mol. The zero-order chi connectivity index (χ0) is 24.6. The van der Waals surface area contributed by atoms with Gasteiger partial charge in [0.05, 0.1) is 27.4 Å². The number of benzene rings is 3. The summed E-state index contributed by atoms with van der Waals surface area (Å²) >= 11 is 0. The number of carbonyl (C=O) groups excluding carboxylic acids is 2. The minimum absolute atomic E-state index is 0.114. The molecule has 9 heteroatoms. The second-order valence-electron chi connectivity index (χ2n) is 7.40. The van der Waals surface area contributed by atoms with E-state index in [1.54, 1.807) is 67.8 Å². The molecule has 0 saturated heterocycles. The van der Waals surface area contributed by atoms with Crippen LogP contribution in [0, 0.1) is 0 Å². The van der Waals surface area contributed by atoms with Crippen LogP contribution in [-0.2, 0) is 14.8 Å². The van der Waals surface area contributed by atoms with Crippen LogP contribution in [0.15, 0.2) is 83.8 Å². The van der Waals surface area contributed by atoms with E-state index in [-0.39, 0.29) is 22.1 Å². The van der Waals surface area contributed by atoms with Gasteiger partial charge >= 0.3 is 0 Å². The van der Waals surface area contributed by atoms with Crippen LogP contribution < -0.4 is 14.9 Å². The first-order valence-corrected chi connectivity index (χ1v) is 12.1. The molecule has 34 heavy (non-hydrogen) atoms. The molecule has 0 radical (unpaired) electrons. The van der Waals surface area contributed by atoms with E-state index in [0.29, 0.717) is 30.8 Å². The van der Waals surface area contributed by atoms with Gasteiger partial charge in [0.25, 0.3) is 21.8 Å². The van der Waals surface area contributed by atoms with Crippen molar-refractivity contribution in [3.05, 3.63) is 90.0 Å². The zero-order valence-electron chi connectivity index (χ0n) is 19.0. The van der Waals surface area contributed by atoms with Gasteiger partial charge in [0.15, 0.2) is 0 Å². The number of nitrogens with zero attached hydrogens (tertiary/aromatic N) is 1. The molecule has 0 unspecified atom stereocenters. The Balaban J connectivity index is 1.85. The largest absolute Gasteiger partial charge is 0.385 e. The Morgan fingerprint density at radius 2 is 1.47 bits per heavy atom. The summed E-state index contributed by atoms with van der Waals surface area (Å²) in [6.07, 6.45) is 0.659. The lowest BCUT2D eigenvalue weighted by Crippen LogP contribution is -2.29. The topological polar surface area (TPSA) is 105 Å². The molecule has 8 nitrogen and oxygen atoms in total. The summed E-state index contributed by atoms with van der Waals surface area (Å²) in [5, 5.41) is 5.55. The first-order valence-electron chi connectivity index (χ1n) is 10.7. The van der Waals surface area contributed by atoms with E-state index in [0.717, 1.165) is 4.31 Å². The Morgan fingerprint density at radius 1 is 0.853 bits per heavy atom. The number of para-hydroxylation sites is 2. The molecular formula is C25H27N3O5S. The Kier molecular flexibility index (Phi) is 8.39. The van der Waals surface area contributed by atoms with Crippen LogP contribution in [0.4, 0.5) is 11.4 Å². The van der Waals surface area contributed by atoms with Crippen LogP contribution >= 0.6 is 0 Å². The van der Waals surface area contributed by atoms with Crippen molar-refractivity contribution in [1.29, 1.82) is 0 Å². The zero-order valence-corrected chi connectivity index (χ0v) is 19.8. The predicted octanol–water partition coefficient (Wildman–Crippen LogP) is 3.53. The van der Waals surface area contributed by atoms with Crippen LogP contribution in [0.1, 0.15) is 27.1 Å². The number of methoxy groups -OCH3 is 1. The SMILES string of the molecule is COCCCNC(=O)c1ccccc1NC(=O)c1ccccc1N(C)S(=O)(=O)c1ccccc1. The summed E-state index contributed by atoms with van der Waals surface area (Å²) in [6.45, 7) is 0.953. The van der Waals surface area contributed by atoms with E-state index >= 15 is 0 Å². The Hall–Kier alpha value is -3.69. The third-order valence-corrected chi connectivity index (χ3v) is 6.91. The van der Waals surface area contributed by atoms with Crippen molar-refractivity contribution in [1.82, 2.24) is 5.32 Å². The Bertz CT molecular complexity index is 1250. The van der Waals surface area contributed by atoms with E-state index in [1.165, 1.54) is 25.2 Å². The van der Waals surface area contributed by atoms with Gasteiger partial charge < -0.3 is 15.4 Å².